The normalized spacial score (nSPS) is 21.4. The van der Waals surface area contributed by atoms with Crippen LogP contribution in [0.2, 0.25) is 0 Å². The number of benzene rings is 1. The maximum atomic E-state index is 16.3. The average Bonchev–Trinajstić information content (AvgIpc) is 3.28. The Bertz CT molecular complexity index is 1390. The van der Waals surface area contributed by atoms with Crippen molar-refractivity contribution in [1.82, 2.24) is 15.2 Å². The summed E-state index contributed by atoms with van der Waals surface area (Å²) in [6.45, 7) is 7.08. The third kappa shape index (κ3) is 3.67. The minimum atomic E-state index is -0.730. The molecule has 2 amide bonds. The van der Waals surface area contributed by atoms with Crippen LogP contribution in [-0.4, -0.2) is 66.2 Å². The number of anilines is 1. The fourth-order valence-electron chi connectivity index (χ4n) is 6.55. The zero-order valence-electron chi connectivity index (χ0n) is 21.1. The molecule has 8 nitrogen and oxygen atoms in total. The van der Waals surface area contributed by atoms with Gasteiger partial charge in [0.1, 0.15) is 0 Å². The number of amides is 2. The number of hydrogen-bond donors (Lipinski definition) is 2. The Morgan fingerprint density at radius 3 is 2.62 bits per heavy atom. The first-order chi connectivity index (χ1) is 17.7. The Hall–Kier alpha value is -3.59. The van der Waals surface area contributed by atoms with Crippen molar-refractivity contribution in [3.8, 4) is 0 Å². The summed E-state index contributed by atoms with van der Waals surface area (Å²) in [5.41, 5.74) is 8.90. The lowest BCUT2D eigenvalue weighted by Crippen LogP contribution is -2.54. The molecule has 3 N–H and O–H groups in total. The second-order valence-corrected chi connectivity index (χ2v) is 10.9. The monoisotopic (exact) mass is 503 g/mol. The van der Waals surface area contributed by atoms with Gasteiger partial charge in [0.15, 0.2) is 17.4 Å². The van der Waals surface area contributed by atoms with Crippen LogP contribution >= 0.6 is 0 Å². The van der Waals surface area contributed by atoms with E-state index >= 15 is 4.39 Å². The highest BCUT2D eigenvalue weighted by atomic mass is 19.1. The van der Waals surface area contributed by atoms with Gasteiger partial charge in [-0.15, -0.1) is 0 Å². The maximum absolute atomic E-state index is 16.3. The number of nitrogens with zero attached hydrogens (tertiary/aromatic N) is 3. The van der Waals surface area contributed by atoms with Crippen LogP contribution in [0.25, 0.3) is 5.57 Å². The molecule has 2 aliphatic heterocycles. The third-order valence-corrected chi connectivity index (χ3v) is 8.53. The van der Waals surface area contributed by atoms with E-state index in [2.05, 4.69) is 15.2 Å². The van der Waals surface area contributed by atoms with Crippen LogP contribution in [0.4, 0.5) is 10.2 Å². The molecule has 9 heteroatoms. The lowest BCUT2D eigenvalue weighted by Gasteiger charge is -2.41. The lowest BCUT2D eigenvalue weighted by molar-refractivity contribution is -0.125. The zero-order chi connectivity index (χ0) is 26.1. The van der Waals surface area contributed by atoms with Gasteiger partial charge in [0.25, 0.3) is 0 Å². The topological polar surface area (TPSA) is 109 Å². The first-order valence-electron chi connectivity index (χ1n) is 12.8. The number of carbonyl (C=O) groups excluding carboxylic acids is 3. The molecule has 6 rings (SSSR count). The number of carbonyl (C=O) groups is 3. The number of allylic oxidation sites excluding steroid dienone is 2. The molecule has 0 radical (unpaired) electrons. The van der Waals surface area contributed by atoms with Crippen LogP contribution in [0.15, 0.2) is 30.0 Å². The number of aromatic nitrogens is 1. The molecule has 0 bridgehead atoms. The van der Waals surface area contributed by atoms with Crippen molar-refractivity contribution in [2.75, 3.05) is 37.6 Å². The Morgan fingerprint density at radius 1 is 1.16 bits per heavy atom. The fraction of sp³-hybridized carbons (Fsp3) is 0.429. The standard InChI is InChI=1S/C28H30FN5O3/c1-28(2)20-12-16-11-15(26(30)37)3-4-18(16)22(20)25(36)19-13-32-27(24(29)23(19)28)33-8-5-17(6-9-33)34-10-7-31-21(35)14-34/h3-4,11,13,17H,5-10,12,14H2,1-2H3,(H2,30,37)(H,31,35). The number of hydrogen-bond acceptors (Lipinski definition) is 6. The molecule has 2 aliphatic carbocycles. The minimum absolute atomic E-state index is 0.0524. The highest BCUT2D eigenvalue weighted by Crippen LogP contribution is 2.51. The first-order valence-corrected chi connectivity index (χ1v) is 12.8. The molecule has 0 atom stereocenters. The number of nitrogens with one attached hydrogen (secondary N) is 1. The SMILES string of the molecule is CC1(C)C2=C(C(=O)c3cnc(N4CCC(N5CCNC(=O)C5)CC4)c(F)c31)c1ccc(C(N)=O)cc1C2. The summed E-state index contributed by atoms with van der Waals surface area (Å²) in [6, 6.07) is 5.43. The second-order valence-electron chi connectivity index (χ2n) is 10.9. The number of Topliss-reactive ketones (excluding diaryl/α,β-unsaturated/α-hetero) is 1. The van der Waals surface area contributed by atoms with E-state index < -0.39 is 17.1 Å². The molecular formula is C28H30FN5O3. The molecule has 0 unspecified atom stereocenters. The summed E-state index contributed by atoms with van der Waals surface area (Å²) in [5.74, 6) is -0.850. The molecule has 2 saturated heterocycles. The molecule has 37 heavy (non-hydrogen) atoms. The summed E-state index contributed by atoms with van der Waals surface area (Å²) in [4.78, 5) is 45.8. The zero-order valence-corrected chi connectivity index (χ0v) is 21.1. The Labute approximate surface area is 214 Å². The third-order valence-electron chi connectivity index (χ3n) is 8.53. The van der Waals surface area contributed by atoms with Crippen molar-refractivity contribution in [2.45, 2.75) is 44.6 Å². The van der Waals surface area contributed by atoms with E-state index in [9.17, 15) is 14.4 Å². The molecule has 192 valence electrons. The second kappa shape index (κ2) is 8.48. The summed E-state index contributed by atoms with van der Waals surface area (Å²) in [5, 5.41) is 2.86. The van der Waals surface area contributed by atoms with E-state index in [0.29, 0.717) is 54.9 Å². The quantitative estimate of drug-likeness (QED) is 0.665. The number of halogens is 1. The van der Waals surface area contributed by atoms with Gasteiger partial charge in [0, 0.05) is 66.1 Å². The Balaban J connectivity index is 1.29. The number of fused-ring (bicyclic) bond motifs is 3. The Kier molecular flexibility index (Phi) is 5.45. The molecule has 2 aromatic rings. The van der Waals surface area contributed by atoms with Crippen molar-refractivity contribution in [1.29, 1.82) is 0 Å². The van der Waals surface area contributed by atoms with E-state index in [-0.39, 0.29) is 23.6 Å². The van der Waals surface area contributed by atoms with Gasteiger partial charge in [-0.25, -0.2) is 9.37 Å². The largest absolute Gasteiger partial charge is 0.366 e. The smallest absolute Gasteiger partial charge is 0.248 e. The molecule has 0 saturated carbocycles. The van der Waals surface area contributed by atoms with Gasteiger partial charge in [-0.2, -0.15) is 0 Å². The highest BCUT2D eigenvalue weighted by molar-refractivity contribution is 6.33. The van der Waals surface area contributed by atoms with E-state index in [1.165, 1.54) is 6.20 Å². The molecular weight excluding hydrogens is 473 g/mol. The summed E-state index contributed by atoms with van der Waals surface area (Å²) < 4.78 is 16.3. The van der Waals surface area contributed by atoms with E-state index in [4.69, 9.17) is 5.73 Å². The van der Waals surface area contributed by atoms with E-state index in [0.717, 1.165) is 36.1 Å². The molecule has 0 spiro atoms. The summed E-state index contributed by atoms with van der Waals surface area (Å²) >= 11 is 0. The predicted molar refractivity (Wildman–Crippen MR) is 137 cm³/mol. The fourth-order valence-corrected chi connectivity index (χ4v) is 6.55. The van der Waals surface area contributed by atoms with Crippen LogP contribution in [0.3, 0.4) is 0 Å². The molecule has 3 heterocycles. The van der Waals surface area contributed by atoms with Gasteiger partial charge in [0.2, 0.25) is 11.8 Å². The number of pyridine rings is 1. The van der Waals surface area contributed by atoms with Crippen LogP contribution in [0, 0.1) is 5.82 Å². The predicted octanol–water partition coefficient (Wildman–Crippen LogP) is 2.20. The number of rotatable bonds is 3. The van der Waals surface area contributed by atoms with Crippen LogP contribution < -0.4 is 16.0 Å². The first kappa shape index (κ1) is 23.8. The van der Waals surface area contributed by atoms with Crippen LogP contribution in [0.5, 0.6) is 0 Å². The average molecular weight is 504 g/mol. The maximum Gasteiger partial charge on any atom is 0.248 e. The van der Waals surface area contributed by atoms with Gasteiger partial charge >= 0.3 is 0 Å². The molecule has 1 aromatic heterocycles. The molecule has 4 aliphatic rings. The van der Waals surface area contributed by atoms with Gasteiger partial charge in [-0.3, -0.25) is 19.3 Å². The summed E-state index contributed by atoms with van der Waals surface area (Å²) in [7, 11) is 0. The van der Waals surface area contributed by atoms with Gasteiger partial charge in [-0.1, -0.05) is 19.9 Å². The van der Waals surface area contributed by atoms with Crippen LogP contribution in [-0.2, 0) is 16.6 Å². The molecule has 2 fully saturated rings. The van der Waals surface area contributed by atoms with Crippen molar-refractivity contribution in [3.05, 3.63) is 63.6 Å². The van der Waals surface area contributed by atoms with Gasteiger partial charge in [-0.05, 0) is 48.1 Å². The van der Waals surface area contributed by atoms with Crippen molar-refractivity contribution >= 4 is 29.0 Å². The number of primary amides is 1. The lowest BCUT2D eigenvalue weighted by atomic mass is 9.68. The van der Waals surface area contributed by atoms with Crippen molar-refractivity contribution < 1.29 is 18.8 Å². The number of nitrogens with two attached hydrogens (primary N) is 1. The van der Waals surface area contributed by atoms with Crippen molar-refractivity contribution in [3.63, 3.8) is 0 Å². The Morgan fingerprint density at radius 2 is 1.92 bits per heavy atom. The van der Waals surface area contributed by atoms with Gasteiger partial charge in [0.05, 0.1) is 6.54 Å². The number of ketones is 1. The minimum Gasteiger partial charge on any atom is -0.366 e. The van der Waals surface area contributed by atoms with E-state index in [1.807, 2.05) is 18.7 Å². The van der Waals surface area contributed by atoms with Crippen molar-refractivity contribution in [2.24, 2.45) is 5.73 Å². The molecule has 1 aromatic carbocycles. The van der Waals surface area contributed by atoms with E-state index in [1.54, 1.807) is 18.2 Å². The number of piperazine rings is 1. The summed E-state index contributed by atoms with van der Waals surface area (Å²) in [6.07, 6.45) is 3.63. The highest BCUT2D eigenvalue weighted by Gasteiger charge is 2.46. The number of piperidine rings is 1. The van der Waals surface area contributed by atoms with Crippen LogP contribution in [0.1, 0.15) is 64.1 Å². The van der Waals surface area contributed by atoms with Gasteiger partial charge < -0.3 is 16.0 Å².